The molecule has 11 heteroatoms. The summed E-state index contributed by atoms with van der Waals surface area (Å²) in [5, 5.41) is 5.21. The number of carbonyl (C=O) groups excluding carboxylic acids is 2. The zero-order chi connectivity index (χ0) is 25.2. The van der Waals surface area contributed by atoms with E-state index in [1.165, 1.54) is 36.7 Å². The molecule has 2 aromatic heterocycles. The number of amides is 2. The fourth-order valence-electron chi connectivity index (χ4n) is 3.21. The molecule has 2 heterocycles. The number of aromatic nitrogens is 3. The number of H-pyrrole nitrogens is 1. The molecular formula is C24H17F4N5O2. The van der Waals surface area contributed by atoms with Crippen molar-refractivity contribution in [1.29, 1.82) is 0 Å². The Labute approximate surface area is 196 Å². The molecule has 0 radical (unpaired) electrons. The molecule has 0 fully saturated rings. The zero-order valence-electron chi connectivity index (χ0n) is 18.1. The molecule has 0 aliphatic carbocycles. The number of imidazole rings is 1. The summed E-state index contributed by atoms with van der Waals surface area (Å²) in [6, 6.07) is 12.4. The summed E-state index contributed by atoms with van der Waals surface area (Å²) < 4.78 is 53.1. The second kappa shape index (κ2) is 9.37. The van der Waals surface area contributed by atoms with Gasteiger partial charge in [-0.15, -0.1) is 0 Å². The van der Waals surface area contributed by atoms with Crippen LogP contribution in [-0.2, 0) is 6.18 Å². The highest BCUT2D eigenvalue weighted by Crippen LogP contribution is 2.32. The monoisotopic (exact) mass is 483 g/mol. The van der Waals surface area contributed by atoms with Gasteiger partial charge in [0.25, 0.3) is 11.8 Å². The molecule has 0 aliphatic rings. The Kier molecular flexibility index (Phi) is 6.32. The molecular weight excluding hydrogens is 466 g/mol. The maximum Gasteiger partial charge on any atom is 0.449 e. The van der Waals surface area contributed by atoms with E-state index in [4.69, 9.17) is 0 Å². The van der Waals surface area contributed by atoms with E-state index in [1.807, 2.05) is 0 Å². The van der Waals surface area contributed by atoms with Gasteiger partial charge in [-0.3, -0.25) is 14.6 Å². The van der Waals surface area contributed by atoms with Crippen LogP contribution in [0.5, 0.6) is 0 Å². The molecule has 0 spiro atoms. The molecule has 178 valence electrons. The van der Waals surface area contributed by atoms with Crippen LogP contribution < -0.4 is 10.6 Å². The number of aromatic amines is 1. The topological polar surface area (TPSA) is 99.8 Å². The molecule has 2 amide bonds. The molecule has 0 saturated heterocycles. The molecule has 0 unspecified atom stereocenters. The average molecular weight is 483 g/mol. The Morgan fingerprint density at radius 2 is 1.71 bits per heavy atom. The van der Waals surface area contributed by atoms with Crippen molar-refractivity contribution in [2.75, 3.05) is 10.6 Å². The number of rotatable bonds is 5. The molecule has 2 aromatic carbocycles. The first-order chi connectivity index (χ1) is 16.6. The summed E-state index contributed by atoms with van der Waals surface area (Å²) in [6.45, 7) is 1.74. The van der Waals surface area contributed by atoms with Gasteiger partial charge < -0.3 is 15.6 Å². The third-order valence-electron chi connectivity index (χ3n) is 4.99. The van der Waals surface area contributed by atoms with Gasteiger partial charge in [0.15, 0.2) is 5.69 Å². The van der Waals surface area contributed by atoms with E-state index in [1.54, 1.807) is 25.1 Å². The third kappa shape index (κ3) is 5.35. The minimum Gasteiger partial charge on any atom is -0.334 e. The molecule has 3 N–H and O–H groups in total. The van der Waals surface area contributed by atoms with Crippen LogP contribution in [0.25, 0.3) is 11.3 Å². The number of alkyl halides is 3. The fourth-order valence-corrected chi connectivity index (χ4v) is 3.21. The van der Waals surface area contributed by atoms with Crippen LogP contribution >= 0.6 is 0 Å². The van der Waals surface area contributed by atoms with E-state index in [2.05, 4.69) is 25.6 Å². The summed E-state index contributed by atoms with van der Waals surface area (Å²) in [4.78, 5) is 34.8. The molecule has 4 aromatic rings. The molecule has 0 saturated carbocycles. The number of anilines is 2. The summed E-state index contributed by atoms with van der Waals surface area (Å²) in [5.74, 6) is -3.30. The van der Waals surface area contributed by atoms with Gasteiger partial charge in [0.1, 0.15) is 5.82 Å². The quantitative estimate of drug-likeness (QED) is 0.329. The van der Waals surface area contributed by atoms with Gasteiger partial charge in [-0.2, -0.15) is 13.2 Å². The van der Waals surface area contributed by atoms with Crippen molar-refractivity contribution in [1.82, 2.24) is 15.0 Å². The van der Waals surface area contributed by atoms with Gasteiger partial charge in [0.2, 0.25) is 5.82 Å². The summed E-state index contributed by atoms with van der Waals surface area (Å²) in [6.07, 6.45) is -1.92. The van der Waals surface area contributed by atoms with Gasteiger partial charge in [-0.25, -0.2) is 9.37 Å². The van der Waals surface area contributed by atoms with Crippen LogP contribution in [0.2, 0.25) is 0 Å². The van der Waals surface area contributed by atoms with Crippen LogP contribution in [0.4, 0.5) is 28.9 Å². The van der Waals surface area contributed by atoms with Crippen molar-refractivity contribution in [3.63, 3.8) is 0 Å². The molecule has 0 atom stereocenters. The standard InChI is InChI=1S/C24H17F4N5O2/c1-13-4-9-17(11-18(13)31-21(34)15-3-2-10-29-12-15)30-22(35)20-19(14-5-7-16(25)8-6-14)32-23(33-20)24(26,27)28/h2-12H,1H3,(H,30,35)(H,31,34)(H,32,33). The molecule has 7 nitrogen and oxygen atoms in total. The van der Waals surface area contributed by atoms with Crippen LogP contribution in [-0.4, -0.2) is 26.8 Å². The van der Waals surface area contributed by atoms with E-state index in [9.17, 15) is 27.2 Å². The first-order valence-corrected chi connectivity index (χ1v) is 10.2. The first-order valence-electron chi connectivity index (χ1n) is 10.2. The predicted molar refractivity (Wildman–Crippen MR) is 120 cm³/mol. The van der Waals surface area contributed by atoms with E-state index in [0.29, 0.717) is 16.8 Å². The SMILES string of the molecule is Cc1ccc(NC(=O)c2nc(C(F)(F)F)[nH]c2-c2ccc(F)cc2)cc1NC(=O)c1cccnc1. The summed E-state index contributed by atoms with van der Waals surface area (Å²) in [5.41, 5.74) is 1.01. The smallest absolute Gasteiger partial charge is 0.334 e. The number of pyridine rings is 1. The lowest BCUT2D eigenvalue weighted by atomic mass is 10.1. The number of aryl methyl sites for hydroxylation is 1. The summed E-state index contributed by atoms with van der Waals surface area (Å²) in [7, 11) is 0. The van der Waals surface area contributed by atoms with Gasteiger partial charge in [-0.1, -0.05) is 6.07 Å². The predicted octanol–water partition coefficient (Wildman–Crippen LogP) is 5.44. The van der Waals surface area contributed by atoms with Crippen molar-refractivity contribution in [3.8, 4) is 11.3 Å². The van der Waals surface area contributed by atoms with E-state index < -0.39 is 35.3 Å². The number of carbonyl (C=O) groups is 2. The molecule has 0 bridgehead atoms. The van der Waals surface area contributed by atoms with Gasteiger partial charge in [0.05, 0.1) is 11.3 Å². The van der Waals surface area contributed by atoms with Crippen molar-refractivity contribution in [3.05, 3.63) is 95.5 Å². The van der Waals surface area contributed by atoms with Crippen LogP contribution in [0.1, 0.15) is 32.2 Å². The Balaban J connectivity index is 1.62. The lowest BCUT2D eigenvalue weighted by Gasteiger charge is -2.12. The highest BCUT2D eigenvalue weighted by Gasteiger charge is 2.37. The van der Waals surface area contributed by atoms with Crippen LogP contribution in [0.15, 0.2) is 67.0 Å². The average Bonchev–Trinajstić information content (AvgIpc) is 3.29. The summed E-state index contributed by atoms with van der Waals surface area (Å²) >= 11 is 0. The van der Waals surface area contributed by atoms with Gasteiger partial charge >= 0.3 is 6.18 Å². The zero-order valence-corrected chi connectivity index (χ0v) is 18.1. The van der Waals surface area contributed by atoms with Crippen molar-refractivity contribution in [2.24, 2.45) is 0 Å². The molecule has 0 aliphatic heterocycles. The molecule has 4 rings (SSSR count). The maximum absolute atomic E-state index is 13.3. The van der Waals surface area contributed by atoms with Crippen LogP contribution in [0, 0.1) is 12.7 Å². The number of hydrogen-bond acceptors (Lipinski definition) is 4. The highest BCUT2D eigenvalue weighted by atomic mass is 19.4. The van der Waals surface area contributed by atoms with E-state index in [0.717, 1.165) is 12.1 Å². The Hall–Kier alpha value is -4.54. The Morgan fingerprint density at radius 3 is 2.37 bits per heavy atom. The maximum atomic E-state index is 13.3. The number of nitrogens with zero attached hydrogens (tertiary/aromatic N) is 2. The Morgan fingerprint density at radius 1 is 0.971 bits per heavy atom. The second-order valence-electron chi connectivity index (χ2n) is 7.49. The minimum absolute atomic E-state index is 0.146. The number of benzene rings is 2. The lowest BCUT2D eigenvalue weighted by Crippen LogP contribution is -2.16. The second-order valence-corrected chi connectivity index (χ2v) is 7.49. The van der Waals surface area contributed by atoms with E-state index >= 15 is 0 Å². The lowest BCUT2D eigenvalue weighted by molar-refractivity contribution is -0.144. The fraction of sp³-hybridized carbons (Fsp3) is 0.0833. The van der Waals surface area contributed by atoms with Crippen molar-refractivity contribution < 1.29 is 27.2 Å². The number of hydrogen-bond donors (Lipinski definition) is 3. The minimum atomic E-state index is -4.83. The third-order valence-corrected chi connectivity index (χ3v) is 4.99. The highest BCUT2D eigenvalue weighted by molar-refractivity contribution is 6.08. The van der Waals surface area contributed by atoms with Crippen molar-refractivity contribution >= 4 is 23.2 Å². The number of halogens is 4. The van der Waals surface area contributed by atoms with Crippen LogP contribution in [0.3, 0.4) is 0 Å². The van der Waals surface area contributed by atoms with Gasteiger partial charge in [-0.05, 0) is 61.0 Å². The van der Waals surface area contributed by atoms with E-state index in [-0.39, 0.29) is 16.9 Å². The normalized spacial score (nSPS) is 11.2. The van der Waals surface area contributed by atoms with Crippen molar-refractivity contribution in [2.45, 2.75) is 13.1 Å². The molecule has 35 heavy (non-hydrogen) atoms. The van der Waals surface area contributed by atoms with Gasteiger partial charge in [0, 0.05) is 29.3 Å². The Bertz CT molecular complexity index is 1380. The largest absolute Gasteiger partial charge is 0.449 e. The number of nitrogens with one attached hydrogen (secondary N) is 3. The first kappa shape index (κ1) is 23.6.